The first-order valence-corrected chi connectivity index (χ1v) is 12.5. The van der Waals surface area contributed by atoms with E-state index in [1.165, 1.54) is 40.9 Å². The summed E-state index contributed by atoms with van der Waals surface area (Å²) in [7, 11) is 0. The zero-order valence-corrected chi connectivity index (χ0v) is 20.7. The van der Waals surface area contributed by atoms with E-state index in [-0.39, 0.29) is 17.0 Å². The molecule has 2 aliphatic rings. The van der Waals surface area contributed by atoms with Gasteiger partial charge in [0.2, 0.25) is 0 Å². The number of hydrogen-bond donors (Lipinski definition) is 0. The van der Waals surface area contributed by atoms with Crippen LogP contribution in [0.2, 0.25) is 0 Å². The second-order valence-corrected chi connectivity index (χ2v) is 10.5. The van der Waals surface area contributed by atoms with Crippen molar-refractivity contribution >= 4 is 43.2 Å². The lowest BCUT2D eigenvalue weighted by Gasteiger charge is -2.11. The fourth-order valence-corrected chi connectivity index (χ4v) is 8.04. The van der Waals surface area contributed by atoms with Crippen LogP contribution in [0.5, 0.6) is 5.75 Å². The van der Waals surface area contributed by atoms with Gasteiger partial charge in [-0.05, 0) is 41.3 Å². The van der Waals surface area contributed by atoms with Gasteiger partial charge < -0.3 is 4.74 Å². The number of nitriles is 2. The molecule has 5 nitrogen and oxygen atoms in total. The summed E-state index contributed by atoms with van der Waals surface area (Å²) in [5, 5.41) is 19.4. The van der Waals surface area contributed by atoms with Crippen LogP contribution in [0.4, 0.5) is 13.2 Å². The molecule has 0 spiro atoms. The lowest BCUT2D eigenvalue weighted by atomic mass is 10.0. The fraction of sp³-hybridized carbons (Fsp3) is 0.0714. The molecule has 2 heterocycles. The van der Waals surface area contributed by atoms with Gasteiger partial charge in [0.05, 0.1) is 34.7 Å². The van der Waals surface area contributed by atoms with Gasteiger partial charge in [0.25, 0.3) is 11.4 Å². The largest absolute Gasteiger partial charge is 0.573 e. The molecule has 180 valence electrons. The van der Waals surface area contributed by atoms with E-state index < -0.39 is 12.1 Å². The number of benzene rings is 2. The number of allylic oxidation sites excluding steroid dienone is 2. The molecule has 4 aromatic rings. The normalized spacial score (nSPS) is 15.4. The zero-order chi connectivity index (χ0) is 26.9. The molecule has 0 bridgehead atoms. The summed E-state index contributed by atoms with van der Waals surface area (Å²) in [4.78, 5) is 8.23. The van der Waals surface area contributed by atoms with Crippen molar-refractivity contribution in [2.24, 2.45) is 0 Å². The van der Waals surface area contributed by atoms with Crippen molar-refractivity contribution in [3.05, 3.63) is 97.1 Å². The summed E-state index contributed by atoms with van der Waals surface area (Å²) in [5.74, 6) is -0.443. The first-order chi connectivity index (χ1) is 18.2. The molecule has 38 heavy (non-hydrogen) atoms. The lowest BCUT2D eigenvalue weighted by Crippen LogP contribution is -2.17. The van der Waals surface area contributed by atoms with E-state index in [0.29, 0.717) is 21.6 Å². The third-order valence-electron chi connectivity index (χ3n) is 6.36. The van der Waals surface area contributed by atoms with Gasteiger partial charge in [0.1, 0.15) is 5.75 Å². The lowest BCUT2D eigenvalue weighted by molar-refractivity contribution is -0.274. The number of hydrogen-bond acceptors (Lipinski definition) is 5. The molecule has 0 N–H and O–H groups in total. The number of ether oxygens (including phenoxy) is 1. The molecule has 0 aliphatic heterocycles. The van der Waals surface area contributed by atoms with Crippen molar-refractivity contribution in [3.63, 3.8) is 0 Å². The molecular formula is C28H9F3N4OS2. The molecule has 0 radical (unpaired) electrons. The minimum absolute atomic E-state index is 0.0177. The van der Waals surface area contributed by atoms with E-state index >= 15 is 0 Å². The first kappa shape index (κ1) is 23.5. The van der Waals surface area contributed by atoms with Crippen LogP contribution in [-0.4, -0.2) is 6.36 Å². The number of alkyl halides is 3. The van der Waals surface area contributed by atoms with Crippen LogP contribution >= 0.6 is 22.7 Å². The monoisotopic (exact) mass is 538 g/mol. The van der Waals surface area contributed by atoms with Gasteiger partial charge in [-0.1, -0.05) is 29.8 Å². The predicted molar refractivity (Wildman–Crippen MR) is 138 cm³/mol. The first-order valence-electron chi connectivity index (χ1n) is 10.9. The zero-order valence-electron chi connectivity index (χ0n) is 19.1. The molecule has 6 rings (SSSR count). The third-order valence-corrected chi connectivity index (χ3v) is 8.94. The van der Waals surface area contributed by atoms with Crippen LogP contribution < -0.4 is 4.74 Å². The van der Waals surface area contributed by atoms with Crippen LogP contribution in [0, 0.1) is 42.7 Å². The highest BCUT2D eigenvalue weighted by Crippen LogP contribution is 2.62. The van der Waals surface area contributed by atoms with Gasteiger partial charge in [-0.2, -0.15) is 0 Å². The molecular weight excluding hydrogens is 529 g/mol. The van der Waals surface area contributed by atoms with E-state index in [4.69, 9.17) is 13.1 Å². The fourth-order valence-electron chi connectivity index (χ4n) is 4.99. The van der Waals surface area contributed by atoms with Crippen molar-refractivity contribution in [2.45, 2.75) is 13.3 Å². The van der Waals surface area contributed by atoms with Crippen LogP contribution in [0.25, 0.3) is 52.5 Å². The van der Waals surface area contributed by atoms with Crippen molar-refractivity contribution in [3.8, 4) is 40.1 Å². The Morgan fingerprint density at radius 1 is 0.816 bits per heavy atom. The Kier molecular flexibility index (Phi) is 4.99. The molecule has 10 heteroatoms. The second kappa shape index (κ2) is 8.07. The minimum Gasteiger partial charge on any atom is -0.406 e. The summed E-state index contributed by atoms with van der Waals surface area (Å²) in [6.45, 7) is 17.0. The number of halogens is 3. The highest BCUT2D eigenvalue weighted by atomic mass is 32.1. The van der Waals surface area contributed by atoms with Crippen LogP contribution in [-0.2, 0) is 0 Å². The van der Waals surface area contributed by atoms with E-state index in [2.05, 4.69) is 14.4 Å². The molecule has 0 saturated carbocycles. The second-order valence-electron chi connectivity index (χ2n) is 8.47. The number of aryl methyl sites for hydroxylation is 1. The average molecular weight is 539 g/mol. The standard InChI is InChI=1S/C28H9F3N4OS2/c1-12-4-6-14-16(8-12)20(18(10-32)34-2)24-22(14)26-27(37-24)23-15-7-5-13(36-28(29,30)31)9-17(15)21(25(23)38-26)19(11-33)35-3/h4-9H,1H3/b20-18+,21-19-. The number of fused-ring (bicyclic) bond motifs is 9. The molecule has 0 amide bonds. The van der Waals surface area contributed by atoms with Crippen molar-refractivity contribution in [1.82, 2.24) is 0 Å². The van der Waals surface area contributed by atoms with Gasteiger partial charge in [-0.25, -0.2) is 20.2 Å². The Bertz CT molecular complexity index is 1960. The van der Waals surface area contributed by atoms with Crippen molar-refractivity contribution < 1.29 is 17.9 Å². The molecule has 0 unspecified atom stereocenters. The maximum absolute atomic E-state index is 12.9. The molecule has 0 saturated heterocycles. The minimum atomic E-state index is -4.89. The van der Waals surface area contributed by atoms with Gasteiger partial charge in [0.15, 0.2) is 0 Å². The summed E-state index contributed by atoms with van der Waals surface area (Å²) in [5.41, 5.74) is 5.78. The van der Waals surface area contributed by atoms with E-state index in [1.807, 2.05) is 37.3 Å². The summed E-state index contributed by atoms with van der Waals surface area (Å²) >= 11 is 2.75. The molecule has 0 fully saturated rings. The van der Waals surface area contributed by atoms with Gasteiger partial charge in [-0.3, -0.25) is 0 Å². The Morgan fingerprint density at radius 3 is 1.79 bits per heavy atom. The van der Waals surface area contributed by atoms with E-state index in [1.54, 1.807) is 0 Å². The Hall–Kier alpha value is -4.87. The number of nitrogens with zero attached hydrogens (tertiary/aromatic N) is 4. The quantitative estimate of drug-likeness (QED) is 0.156. The predicted octanol–water partition coefficient (Wildman–Crippen LogP) is 8.54. The Morgan fingerprint density at radius 2 is 1.32 bits per heavy atom. The third kappa shape index (κ3) is 3.19. The highest BCUT2D eigenvalue weighted by molar-refractivity contribution is 7.31. The van der Waals surface area contributed by atoms with Crippen molar-refractivity contribution in [1.29, 1.82) is 10.5 Å². The van der Waals surface area contributed by atoms with Gasteiger partial charge >= 0.3 is 6.36 Å². The topological polar surface area (TPSA) is 65.5 Å². The number of rotatable bonds is 1. The average Bonchev–Trinajstić information content (AvgIpc) is 3.56. The SMILES string of the molecule is [C-]#[N+]/C(C#N)=C1/c2cc(OC(F)(F)F)ccc2-c2c1sc1c3c(sc21)/C(=C(\C#N)[N+]#[C-])c1cc(C)ccc1-3. The maximum atomic E-state index is 12.9. The molecule has 2 aromatic carbocycles. The Labute approximate surface area is 221 Å². The molecule has 0 atom stereocenters. The van der Waals surface area contributed by atoms with Gasteiger partial charge in [0, 0.05) is 32.0 Å². The van der Waals surface area contributed by atoms with Crippen LogP contribution in [0.3, 0.4) is 0 Å². The highest BCUT2D eigenvalue weighted by Gasteiger charge is 2.38. The summed E-state index contributed by atoms with van der Waals surface area (Å²) < 4.78 is 44.5. The van der Waals surface area contributed by atoms with Gasteiger partial charge in [-0.15, -0.1) is 35.8 Å². The van der Waals surface area contributed by atoms with Crippen LogP contribution in [0.15, 0.2) is 47.8 Å². The smallest absolute Gasteiger partial charge is 0.406 e. The summed E-state index contributed by atoms with van der Waals surface area (Å²) in [6.07, 6.45) is -4.89. The number of thiophene rings is 2. The molecule has 2 aliphatic carbocycles. The Balaban J connectivity index is 1.70. The molecule has 2 aromatic heterocycles. The van der Waals surface area contributed by atoms with Crippen LogP contribution in [0.1, 0.15) is 26.4 Å². The van der Waals surface area contributed by atoms with E-state index in [0.717, 1.165) is 42.1 Å². The maximum Gasteiger partial charge on any atom is 0.573 e. The van der Waals surface area contributed by atoms with E-state index in [9.17, 15) is 23.7 Å². The summed E-state index contributed by atoms with van der Waals surface area (Å²) in [6, 6.07) is 13.7. The van der Waals surface area contributed by atoms with Crippen molar-refractivity contribution in [2.75, 3.05) is 0 Å².